The number of esters is 1. The van der Waals surface area contributed by atoms with Crippen molar-refractivity contribution < 1.29 is 23.5 Å². The van der Waals surface area contributed by atoms with Crippen molar-refractivity contribution in [2.75, 3.05) is 18.5 Å². The van der Waals surface area contributed by atoms with Crippen LogP contribution in [0, 0.1) is 5.82 Å². The van der Waals surface area contributed by atoms with Gasteiger partial charge in [0.15, 0.2) is 6.61 Å². The SMILES string of the molecule is CCOC(=O)COc1cccc(NC(=O)c2cc(-c3ccccc3)ccc2F)c1. The molecule has 0 bridgehead atoms. The highest BCUT2D eigenvalue weighted by molar-refractivity contribution is 6.05. The zero-order valence-corrected chi connectivity index (χ0v) is 15.9. The van der Waals surface area contributed by atoms with Crippen molar-refractivity contribution >= 4 is 17.6 Å². The first-order valence-electron chi connectivity index (χ1n) is 9.11. The maximum atomic E-state index is 14.3. The topological polar surface area (TPSA) is 64.6 Å². The van der Waals surface area contributed by atoms with E-state index in [1.165, 1.54) is 12.1 Å². The third-order valence-corrected chi connectivity index (χ3v) is 4.07. The van der Waals surface area contributed by atoms with Gasteiger partial charge in [0.25, 0.3) is 5.91 Å². The molecule has 0 unspecified atom stereocenters. The normalized spacial score (nSPS) is 10.3. The molecule has 1 N–H and O–H groups in total. The molecule has 0 aromatic heterocycles. The van der Waals surface area contributed by atoms with Crippen molar-refractivity contribution in [2.45, 2.75) is 6.92 Å². The molecule has 3 aromatic carbocycles. The first-order chi connectivity index (χ1) is 14.1. The highest BCUT2D eigenvalue weighted by atomic mass is 19.1. The average molecular weight is 393 g/mol. The summed E-state index contributed by atoms with van der Waals surface area (Å²) in [5.41, 5.74) is 1.98. The van der Waals surface area contributed by atoms with Crippen LogP contribution >= 0.6 is 0 Å². The van der Waals surface area contributed by atoms with E-state index >= 15 is 0 Å². The lowest BCUT2D eigenvalue weighted by molar-refractivity contribution is -0.145. The van der Waals surface area contributed by atoms with Gasteiger partial charge in [-0.2, -0.15) is 0 Å². The van der Waals surface area contributed by atoms with Gasteiger partial charge in [-0.05, 0) is 42.3 Å². The van der Waals surface area contributed by atoms with E-state index < -0.39 is 17.7 Å². The molecule has 0 spiro atoms. The molecule has 29 heavy (non-hydrogen) atoms. The second kappa shape index (κ2) is 9.50. The highest BCUT2D eigenvalue weighted by Crippen LogP contribution is 2.23. The number of hydrogen-bond acceptors (Lipinski definition) is 4. The van der Waals surface area contributed by atoms with Crippen molar-refractivity contribution in [1.82, 2.24) is 0 Å². The predicted molar refractivity (Wildman–Crippen MR) is 108 cm³/mol. The van der Waals surface area contributed by atoms with Gasteiger partial charge in [-0.25, -0.2) is 9.18 Å². The molecule has 0 heterocycles. The smallest absolute Gasteiger partial charge is 0.344 e. The quantitative estimate of drug-likeness (QED) is 0.592. The van der Waals surface area contributed by atoms with Crippen LogP contribution in [0.15, 0.2) is 72.8 Å². The van der Waals surface area contributed by atoms with E-state index in [-0.39, 0.29) is 18.8 Å². The molecule has 3 rings (SSSR count). The van der Waals surface area contributed by atoms with Crippen LogP contribution in [0.25, 0.3) is 11.1 Å². The minimum absolute atomic E-state index is 0.0656. The maximum absolute atomic E-state index is 14.3. The summed E-state index contributed by atoms with van der Waals surface area (Å²) < 4.78 is 24.4. The van der Waals surface area contributed by atoms with Gasteiger partial charge in [-0.1, -0.05) is 42.5 Å². The Bertz CT molecular complexity index is 1000. The number of anilines is 1. The summed E-state index contributed by atoms with van der Waals surface area (Å²) in [7, 11) is 0. The van der Waals surface area contributed by atoms with Gasteiger partial charge in [0.1, 0.15) is 11.6 Å². The van der Waals surface area contributed by atoms with Crippen molar-refractivity contribution in [3.8, 4) is 16.9 Å². The Hall–Kier alpha value is -3.67. The zero-order chi connectivity index (χ0) is 20.6. The standard InChI is InChI=1S/C23H20FNO4/c1-2-28-22(26)15-29-19-10-6-9-18(14-19)25-23(27)20-13-17(11-12-21(20)24)16-7-4-3-5-8-16/h3-14H,2,15H2,1H3,(H,25,27). The van der Waals surface area contributed by atoms with E-state index in [4.69, 9.17) is 9.47 Å². The third-order valence-electron chi connectivity index (χ3n) is 4.07. The number of hydrogen-bond donors (Lipinski definition) is 1. The Labute approximate surface area is 168 Å². The number of carbonyl (C=O) groups is 2. The van der Waals surface area contributed by atoms with E-state index in [1.54, 1.807) is 37.3 Å². The fourth-order valence-corrected chi connectivity index (χ4v) is 2.72. The minimum Gasteiger partial charge on any atom is -0.482 e. The van der Waals surface area contributed by atoms with E-state index in [0.717, 1.165) is 11.1 Å². The Balaban J connectivity index is 1.73. The van der Waals surface area contributed by atoms with Crippen LogP contribution in [0.1, 0.15) is 17.3 Å². The minimum atomic E-state index is -0.614. The van der Waals surface area contributed by atoms with Crippen LogP contribution in [0.3, 0.4) is 0 Å². The van der Waals surface area contributed by atoms with Crippen molar-refractivity contribution in [1.29, 1.82) is 0 Å². The number of rotatable bonds is 7. The summed E-state index contributed by atoms with van der Waals surface area (Å²) in [5, 5.41) is 2.66. The molecule has 0 radical (unpaired) electrons. The zero-order valence-electron chi connectivity index (χ0n) is 15.9. The van der Waals surface area contributed by atoms with Crippen LogP contribution in [0.5, 0.6) is 5.75 Å². The molecule has 148 valence electrons. The van der Waals surface area contributed by atoms with Crippen molar-refractivity contribution in [3.63, 3.8) is 0 Å². The molecule has 0 saturated carbocycles. The monoisotopic (exact) mass is 393 g/mol. The molecule has 0 aliphatic rings. The summed E-state index contributed by atoms with van der Waals surface area (Å²) >= 11 is 0. The van der Waals surface area contributed by atoms with Gasteiger partial charge in [0, 0.05) is 11.8 Å². The Kier molecular flexibility index (Phi) is 6.58. The lowest BCUT2D eigenvalue weighted by Crippen LogP contribution is -2.15. The Morgan fingerprint density at radius 2 is 1.72 bits per heavy atom. The molecule has 0 atom stereocenters. The van der Waals surface area contributed by atoms with Crippen LogP contribution in [-0.2, 0) is 9.53 Å². The first kappa shape index (κ1) is 20.1. The number of halogens is 1. The van der Waals surface area contributed by atoms with E-state index in [2.05, 4.69) is 5.32 Å². The summed E-state index contributed by atoms with van der Waals surface area (Å²) in [6.45, 7) is 1.74. The fourth-order valence-electron chi connectivity index (χ4n) is 2.72. The van der Waals surface area contributed by atoms with E-state index in [0.29, 0.717) is 11.4 Å². The molecule has 0 saturated heterocycles. The van der Waals surface area contributed by atoms with Crippen LogP contribution in [0.4, 0.5) is 10.1 Å². The lowest BCUT2D eigenvalue weighted by Gasteiger charge is -2.10. The van der Waals surface area contributed by atoms with E-state index in [1.807, 2.05) is 30.3 Å². The molecule has 0 fully saturated rings. The van der Waals surface area contributed by atoms with Crippen molar-refractivity contribution in [2.24, 2.45) is 0 Å². The molecule has 3 aromatic rings. The summed E-state index contributed by atoms with van der Waals surface area (Å²) in [5.74, 6) is -1.30. The van der Waals surface area contributed by atoms with Gasteiger partial charge in [-0.3, -0.25) is 4.79 Å². The van der Waals surface area contributed by atoms with Gasteiger partial charge in [0.05, 0.1) is 12.2 Å². The van der Waals surface area contributed by atoms with Gasteiger partial charge in [0.2, 0.25) is 0 Å². The van der Waals surface area contributed by atoms with Crippen molar-refractivity contribution in [3.05, 3.63) is 84.2 Å². The first-order valence-corrected chi connectivity index (χ1v) is 9.11. The number of nitrogens with one attached hydrogen (secondary N) is 1. The Morgan fingerprint density at radius 3 is 2.48 bits per heavy atom. The number of ether oxygens (including phenoxy) is 2. The molecule has 1 amide bonds. The van der Waals surface area contributed by atoms with Crippen LogP contribution in [0.2, 0.25) is 0 Å². The fraction of sp³-hybridized carbons (Fsp3) is 0.130. The molecule has 5 nitrogen and oxygen atoms in total. The van der Waals surface area contributed by atoms with E-state index in [9.17, 15) is 14.0 Å². The maximum Gasteiger partial charge on any atom is 0.344 e. The third kappa shape index (κ3) is 5.42. The van der Waals surface area contributed by atoms with Gasteiger partial charge < -0.3 is 14.8 Å². The molecular formula is C23H20FNO4. The molecular weight excluding hydrogens is 373 g/mol. The Morgan fingerprint density at radius 1 is 0.931 bits per heavy atom. The average Bonchev–Trinajstić information content (AvgIpc) is 2.74. The van der Waals surface area contributed by atoms with Crippen LogP contribution < -0.4 is 10.1 Å². The highest BCUT2D eigenvalue weighted by Gasteiger charge is 2.14. The number of benzene rings is 3. The summed E-state index contributed by atoms with van der Waals surface area (Å²) in [4.78, 5) is 24.0. The predicted octanol–water partition coefficient (Wildman–Crippen LogP) is 4.69. The molecule has 0 aliphatic heterocycles. The molecule has 6 heteroatoms. The van der Waals surface area contributed by atoms with Gasteiger partial charge in [-0.15, -0.1) is 0 Å². The lowest BCUT2D eigenvalue weighted by atomic mass is 10.0. The summed E-state index contributed by atoms with van der Waals surface area (Å²) in [6, 6.07) is 20.3. The largest absolute Gasteiger partial charge is 0.482 e. The summed E-state index contributed by atoms with van der Waals surface area (Å²) in [6.07, 6.45) is 0. The van der Waals surface area contributed by atoms with Gasteiger partial charge >= 0.3 is 5.97 Å². The molecule has 0 aliphatic carbocycles. The second-order valence-electron chi connectivity index (χ2n) is 6.14. The number of carbonyl (C=O) groups excluding carboxylic acids is 2. The van der Waals surface area contributed by atoms with Crippen LogP contribution in [-0.4, -0.2) is 25.1 Å². The number of amides is 1. The second-order valence-corrected chi connectivity index (χ2v) is 6.14.